The first-order valence-electron chi connectivity index (χ1n) is 10.6. The van der Waals surface area contributed by atoms with Crippen LogP contribution in [0.5, 0.6) is 0 Å². The number of nitrogens with one attached hydrogen (secondary N) is 2. The number of hydrogen-bond acceptors (Lipinski definition) is 4. The molecule has 0 saturated heterocycles. The molecule has 0 aliphatic heterocycles. The maximum absolute atomic E-state index is 12.6. The van der Waals surface area contributed by atoms with E-state index < -0.39 is 0 Å². The van der Waals surface area contributed by atoms with Crippen molar-refractivity contribution in [1.82, 2.24) is 25.4 Å². The number of fused-ring (bicyclic) bond motifs is 1. The van der Waals surface area contributed by atoms with E-state index in [0.29, 0.717) is 11.4 Å². The number of aromatic nitrogens is 4. The van der Waals surface area contributed by atoms with Crippen LogP contribution in [0.2, 0.25) is 0 Å². The molecule has 7 nitrogen and oxygen atoms in total. The lowest BCUT2D eigenvalue weighted by Gasteiger charge is -2.03. The Balaban J connectivity index is 1.34. The van der Waals surface area contributed by atoms with Gasteiger partial charge in [-0.2, -0.15) is 15.3 Å². The molecule has 5 rings (SSSR count). The summed E-state index contributed by atoms with van der Waals surface area (Å²) in [5.74, 6) is -0.365. The quantitative estimate of drug-likeness (QED) is 0.308. The Morgan fingerprint density at radius 1 is 1.00 bits per heavy atom. The van der Waals surface area contributed by atoms with E-state index in [2.05, 4.69) is 38.0 Å². The molecule has 0 aliphatic carbocycles. The van der Waals surface area contributed by atoms with Crippen molar-refractivity contribution < 1.29 is 4.79 Å². The number of carbonyl (C=O) groups is 1. The Morgan fingerprint density at radius 3 is 2.61 bits per heavy atom. The molecule has 2 N–H and O–H groups in total. The molecule has 0 bridgehead atoms. The minimum atomic E-state index is -0.365. The molecule has 0 saturated carbocycles. The van der Waals surface area contributed by atoms with Crippen LogP contribution in [0.4, 0.5) is 0 Å². The number of nitrogens with zero attached hydrogens (tertiary/aromatic N) is 4. The lowest BCUT2D eigenvalue weighted by Crippen LogP contribution is -2.18. The Hall–Kier alpha value is -4.52. The summed E-state index contributed by atoms with van der Waals surface area (Å²) in [6.45, 7) is 3.89. The zero-order valence-corrected chi connectivity index (χ0v) is 18.3. The number of aryl methyl sites for hydroxylation is 1. The van der Waals surface area contributed by atoms with Gasteiger partial charge in [0, 0.05) is 11.1 Å². The van der Waals surface area contributed by atoms with Crippen LogP contribution in [0.1, 0.15) is 27.4 Å². The Bertz CT molecular complexity index is 1470. The number of amides is 1. The molecule has 0 spiro atoms. The third-order valence-electron chi connectivity index (χ3n) is 5.60. The predicted molar refractivity (Wildman–Crippen MR) is 130 cm³/mol. The first-order chi connectivity index (χ1) is 16.1. The molecule has 0 radical (unpaired) electrons. The minimum absolute atomic E-state index is 0.337. The minimum Gasteiger partial charge on any atom is -0.272 e. The molecule has 5 aromatic rings. The maximum Gasteiger partial charge on any atom is 0.289 e. The predicted octanol–water partition coefficient (Wildman–Crippen LogP) is 4.80. The van der Waals surface area contributed by atoms with Gasteiger partial charge in [-0.05, 0) is 42.8 Å². The van der Waals surface area contributed by atoms with E-state index in [9.17, 15) is 4.79 Å². The van der Waals surface area contributed by atoms with E-state index in [-0.39, 0.29) is 5.91 Å². The summed E-state index contributed by atoms with van der Waals surface area (Å²) in [7, 11) is 0. The van der Waals surface area contributed by atoms with Crippen LogP contribution in [0, 0.1) is 13.8 Å². The highest BCUT2D eigenvalue weighted by atomic mass is 16.2. The van der Waals surface area contributed by atoms with E-state index in [1.807, 2.05) is 79.2 Å². The number of hydrazone groups is 1. The van der Waals surface area contributed by atoms with Crippen LogP contribution in [-0.2, 0) is 0 Å². The molecule has 162 valence electrons. The fourth-order valence-electron chi connectivity index (χ4n) is 3.90. The number of benzene rings is 3. The highest BCUT2D eigenvalue weighted by molar-refractivity contribution is 5.98. The smallest absolute Gasteiger partial charge is 0.272 e. The number of hydrogen-bond donors (Lipinski definition) is 2. The summed E-state index contributed by atoms with van der Waals surface area (Å²) in [5, 5.41) is 18.1. The fraction of sp³-hybridized carbons (Fsp3) is 0.0769. The van der Waals surface area contributed by atoms with Crippen LogP contribution in [0.3, 0.4) is 0 Å². The van der Waals surface area contributed by atoms with Gasteiger partial charge in [0.25, 0.3) is 5.91 Å². The molecular weight excluding hydrogens is 412 g/mol. The summed E-state index contributed by atoms with van der Waals surface area (Å²) in [6.07, 6.45) is 1.62. The largest absolute Gasteiger partial charge is 0.289 e. The average Bonchev–Trinajstić information content (AvgIpc) is 3.45. The maximum atomic E-state index is 12.6. The fourth-order valence-corrected chi connectivity index (χ4v) is 3.90. The summed E-state index contributed by atoms with van der Waals surface area (Å²) in [4.78, 5) is 12.6. The van der Waals surface area contributed by atoms with E-state index in [0.717, 1.165) is 39.0 Å². The molecule has 3 aromatic carbocycles. The van der Waals surface area contributed by atoms with Crippen molar-refractivity contribution in [2.75, 3.05) is 0 Å². The van der Waals surface area contributed by atoms with Gasteiger partial charge in [0.2, 0.25) is 0 Å². The average molecular weight is 435 g/mol. The van der Waals surface area contributed by atoms with Crippen LogP contribution in [0.15, 0.2) is 84.0 Å². The van der Waals surface area contributed by atoms with Gasteiger partial charge in [-0.25, -0.2) is 10.1 Å². The van der Waals surface area contributed by atoms with Crippen LogP contribution >= 0.6 is 0 Å². The Labute approximate surface area is 190 Å². The summed E-state index contributed by atoms with van der Waals surface area (Å²) >= 11 is 0. The Morgan fingerprint density at radius 2 is 1.76 bits per heavy atom. The molecule has 2 heterocycles. The number of carbonyl (C=O) groups excluding carboxylic acids is 1. The van der Waals surface area contributed by atoms with Gasteiger partial charge in [-0.3, -0.25) is 9.89 Å². The summed E-state index contributed by atoms with van der Waals surface area (Å²) in [5.41, 5.74) is 8.18. The van der Waals surface area contributed by atoms with Gasteiger partial charge in [0.1, 0.15) is 5.69 Å². The van der Waals surface area contributed by atoms with Crippen molar-refractivity contribution in [1.29, 1.82) is 0 Å². The lowest BCUT2D eigenvalue weighted by molar-refractivity contribution is 0.0950. The van der Waals surface area contributed by atoms with Gasteiger partial charge < -0.3 is 0 Å². The molecule has 2 aromatic heterocycles. The van der Waals surface area contributed by atoms with E-state index >= 15 is 0 Å². The second-order valence-corrected chi connectivity index (χ2v) is 7.72. The molecule has 1 amide bonds. The van der Waals surface area contributed by atoms with Crippen LogP contribution < -0.4 is 5.43 Å². The van der Waals surface area contributed by atoms with E-state index in [1.54, 1.807) is 12.3 Å². The second-order valence-electron chi connectivity index (χ2n) is 7.72. The van der Waals surface area contributed by atoms with E-state index in [1.165, 1.54) is 0 Å². The first-order valence-corrected chi connectivity index (χ1v) is 10.6. The number of aromatic amines is 1. The third kappa shape index (κ3) is 3.92. The van der Waals surface area contributed by atoms with Crippen LogP contribution in [0.25, 0.3) is 27.7 Å². The van der Waals surface area contributed by atoms with Gasteiger partial charge >= 0.3 is 0 Å². The number of H-pyrrole nitrogens is 1. The van der Waals surface area contributed by atoms with Crippen molar-refractivity contribution in [3.63, 3.8) is 0 Å². The highest BCUT2D eigenvalue weighted by Gasteiger charge is 2.14. The number of para-hydroxylation sites is 1. The highest BCUT2D eigenvalue weighted by Crippen LogP contribution is 2.27. The molecule has 0 aliphatic rings. The van der Waals surface area contributed by atoms with Gasteiger partial charge in [-0.1, -0.05) is 60.7 Å². The normalized spacial score (nSPS) is 11.3. The molecule has 0 atom stereocenters. The zero-order valence-electron chi connectivity index (χ0n) is 18.3. The SMILES string of the molecule is Cc1nn(-c2ccccc2)c(C)c1/C=N/NC(=O)c1cc(-c2cccc3ccccc23)n[nH]1. The van der Waals surface area contributed by atoms with Crippen molar-refractivity contribution in [3.8, 4) is 16.9 Å². The zero-order chi connectivity index (χ0) is 22.8. The van der Waals surface area contributed by atoms with Crippen molar-refractivity contribution in [2.45, 2.75) is 13.8 Å². The van der Waals surface area contributed by atoms with Crippen molar-refractivity contribution in [3.05, 3.63) is 102 Å². The molecule has 0 unspecified atom stereocenters. The standard InChI is InChI=1S/C26H22N6O/c1-17-23(18(2)32(31-17)20-11-4-3-5-12-20)16-27-30-26(33)25-15-24(28-29-25)22-14-8-10-19-9-6-7-13-21(19)22/h3-16H,1-2H3,(H,28,29)(H,30,33)/b27-16+. The summed E-state index contributed by atoms with van der Waals surface area (Å²) < 4.78 is 1.86. The summed E-state index contributed by atoms with van der Waals surface area (Å²) in [6, 6.07) is 25.7. The third-order valence-corrected chi connectivity index (χ3v) is 5.60. The van der Waals surface area contributed by atoms with Gasteiger partial charge in [0.15, 0.2) is 0 Å². The topological polar surface area (TPSA) is 88.0 Å². The molecular formula is C26H22N6O. The molecule has 7 heteroatoms. The van der Waals surface area contributed by atoms with Gasteiger partial charge in [0.05, 0.1) is 29.0 Å². The molecule has 33 heavy (non-hydrogen) atoms. The van der Waals surface area contributed by atoms with Gasteiger partial charge in [-0.15, -0.1) is 0 Å². The lowest BCUT2D eigenvalue weighted by atomic mass is 10.0. The Kier molecular flexibility index (Phi) is 5.28. The van der Waals surface area contributed by atoms with Crippen LogP contribution in [-0.4, -0.2) is 32.1 Å². The molecule has 0 fully saturated rings. The van der Waals surface area contributed by atoms with E-state index in [4.69, 9.17) is 0 Å². The second kappa shape index (κ2) is 8.55. The van der Waals surface area contributed by atoms with Crippen molar-refractivity contribution in [2.24, 2.45) is 5.10 Å². The number of rotatable bonds is 5. The first kappa shape index (κ1) is 20.4. The monoisotopic (exact) mass is 434 g/mol. The van der Waals surface area contributed by atoms with Crippen molar-refractivity contribution >= 4 is 22.9 Å².